The van der Waals surface area contributed by atoms with E-state index in [1.54, 1.807) is 19.1 Å². The van der Waals surface area contributed by atoms with Crippen LogP contribution in [0.5, 0.6) is 5.75 Å². The molecule has 0 aliphatic rings. The van der Waals surface area contributed by atoms with Crippen molar-refractivity contribution >= 4 is 0 Å². The van der Waals surface area contributed by atoms with Gasteiger partial charge in [0.15, 0.2) is 0 Å². The van der Waals surface area contributed by atoms with Gasteiger partial charge in [0.25, 0.3) is 0 Å². The first-order valence-corrected chi connectivity index (χ1v) is 5.19. The Hall–Kier alpha value is -1.81. The van der Waals surface area contributed by atoms with Gasteiger partial charge in [-0.15, -0.1) is 0 Å². The van der Waals surface area contributed by atoms with Crippen molar-refractivity contribution in [1.82, 2.24) is 0 Å². The number of furan rings is 1. The maximum Gasteiger partial charge on any atom is 0.133 e. The number of aryl methyl sites for hydroxylation is 1. The highest BCUT2D eigenvalue weighted by atomic mass is 19.1. The van der Waals surface area contributed by atoms with Crippen LogP contribution in [0, 0.1) is 12.7 Å². The van der Waals surface area contributed by atoms with Gasteiger partial charge < -0.3 is 14.3 Å². The first-order valence-electron chi connectivity index (χ1n) is 5.19. The topological polar surface area (TPSA) is 42.6 Å². The van der Waals surface area contributed by atoms with Crippen molar-refractivity contribution in [2.75, 3.05) is 7.11 Å². The summed E-state index contributed by atoms with van der Waals surface area (Å²) in [4.78, 5) is 0. The normalized spacial score (nSPS) is 12.5. The van der Waals surface area contributed by atoms with Gasteiger partial charge in [0.05, 0.1) is 13.4 Å². The van der Waals surface area contributed by atoms with Gasteiger partial charge in [-0.05, 0) is 25.1 Å². The predicted molar refractivity (Wildman–Crippen MR) is 60.5 cm³/mol. The molecule has 1 aromatic heterocycles. The predicted octanol–water partition coefficient (Wildman–Crippen LogP) is 2.82. The summed E-state index contributed by atoms with van der Waals surface area (Å²) < 4.78 is 23.7. The highest BCUT2D eigenvalue weighted by molar-refractivity contribution is 5.35. The number of ether oxygens (including phenoxy) is 1. The molecule has 90 valence electrons. The van der Waals surface area contributed by atoms with Gasteiger partial charge in [0, 0.05) is 17.2 Å². The van der Waals surface area contributed by atoms with E-state index in [0.29, 0.717) is 17.1 Å². The van der Waals surface area contributed by atoms with Crippen LogP contribution in [0.1, 0.15) is 23.0 Å². The van der Waals surface area contributed by atoms with Crippen LogP contribution in [-0.4, -0.2) is 12.2 Å². The fourth-order valence-corrected chi connectivity index (χ4v) is 1.70. The molecule has 0 saturated carbocycles. The molecular formula is C13H13FO3. The molecule has 2 rings (SSSR count). The highest BCUT2D eigenvalue weighted by Gasteiger charge is 2.18. The van der Waals surface area contributed by atoms with E-state index in [2.05, 4.69) is 0 Å². The van der Waals surface area contributed by atoms with Gasteiger partial charge in [0.1, 0.15) is 23.4 Å². The van der Waals surface area contributed by atoms with Gasteiger partial charge in [0.2, 0.25) is 0 Å². The molecule has 0 saturated heterocycles. The highest BCUT2D eigenvalue weighted by Crippen LogP contribution is 2.29. The number of aliphatic hydroxyl groups excluding tert-OH is 1. The summed E-state index contributed by atoms with van der Waals surface area (Å²) in [5, 5.41) is 10.1. The molecule has 0 aliphatic carbocycles. The second kappa shape index (κ2) is 4.59. The third kappa shape index (κ3) is 2.17. The van der Waals surface area contributed by atoms with E-state index in [1.807, 2.05) is 0 Å². The minimum absolute atomic E-state index is 0.204. The second-order valence-corrected chi connectivity index (χ2v) is 3.72. The summed E-state index contributed by atoms with van der Waals surface area (Å²) >= 11 is 0. The van der Waals surface area contributed by atoms with Crippen LogP contribution in [-0.2, 0) is 0 Å². The first-order chi connectivity index (χ1) is 8.13. The minimum atomic E-state index is -1.03. The molecule has 1 atom stereocenters. The van der Waals surface area contributed by atoms with Crippen LogP contribution in [0.15, 0.2) is 34.9 Å². The van der Waals surface area contributed by atoms with Crippen LogP contribution >= 0.6 is 0 Å². The molecule has 0 bridgehead atoms. The van der Waals surface area contributed by atoms with Crippen LogP contribution in [0.25, 0.3) is 0 Å². The SMILES string of the molecule is COc1ccc(C(O)c2ccoc2C)c(F)c1. The van der Waals surface area contributed by atoms with Crippen LogP contribution < -0.4 is 4.74 Å². The Morgan fingerprint density at radius 2 is 2.06 bits per heavy atom. The van der Waals surface area contributed by atoms with Crippen molar-refractivity contribution in [3.63, 3.8) is 0 Å². The Kier molecular flexibility index (Phi) is 3.15. The molecule has 0 spiro atoms. The van der Waals surface area contributed by atoms with Gasteiger partial charge in [-0.25, -0.2) is 4.39 Å². The monoisotopic (exact) mass is 236 g/mol. The lowest BCUT2D eigenvalue weighted by atomic mass is 10.0. The van der Waals surface area contributed by atoms with Gasteiger partial charge in [-0.1, -0.05) is 0 Å². The summed E-state index contributed by atoms with van der Waals surface area (Å²) in [7, 11) is 1.46. The number of hydrogen-bond acceptors (Lipinski definition) is 3. The molecule has 4 heteroatoms. The molecule has 1 unspecified atom stereocenters. The smallest absolute Gasteiger partial charge is 0.133 e. The molecule has 1 heterocycles. The number of hydrogen-bond donors (Lipinski definition) is 1. The maximum absolute atomic E-state index is 13.7. The third-order valence-corrected chi connectivity index (χ3v) is 2.70. The van der Waals surface area contributed by atoms with Gasteiger partial charge in [-0.2, -0.15) is 0 Å². The molecule has 0 fully saturated rings. The first kappa shape index (κ1) is 11.7. The molecule has 0 radical (unpaired) electrons. The van der Waals surface area contributed by atoms with Crippen LogP contribution in [0.2, 0.25) is 0 Å². The number of halogens is 1. The zero-order valence-electron chi connectivity index (χ0n) is 9.61. The van der Waals surface area contributed by atoms with Gasteiger partial charge in [-0.3, -0.25) is 0 Å². The summed E-state index contributed by atoms with van der Waals surface area (Å²) in [5.74, 6) is 0.493. The summed E-state index contributed by atoms with van der Waals surface area (Å²) in [5.41, 5.74) is 0.768. The molecule has 3 nitrogen and oxygen atoms in total. The number of aliphatic hydroxyl groups is 1. The van der Waals surface area contributed by atoms with E-state index in [9.17, 15) is 9.50 Å². The Morgan fingerprint density at radius 3 is 2.59 bits per heavy atom. The quantitative estimate of drug-likeness (QED) is 0.891. The number of rotatable bonds is 3. The summed E-state index contributed by atoms with van der Waals surface area (Å²) in [6.45, 7) is 1.72. The zero-order valence-corrected chi connectivity index (χ0v) is 9.61. The lowest BCUT2D eigenvalue weighted by Gasteiger charge is -2.12. The zero-order chi connectivity index (χ0) is 12.4. The Balaban J connectivity index is 2.38. The molecule has 0 aliphatic heterocycles. The van der Waals surface area contributed by atoms with Crippen LogP contribution in [0.4, 0.5) is 4.39 Å². The van der Waals surface area contributed by atoms with Crippen molar-refractivity contribution in [3.05, 3.63) is 53.2 Å². The van der Waals surface area contributed by atoms with Crippen LogP contribution in [0.3, 0.4) is 0 Å². The van der Waals surface area contributed by atoms with Crippen molar-refractivity contribution in [2.45, 2.75) is 13.0 Å². The Morgan fingerprint density at radius 1 is 1.29 bits per heavy atom. The number of methoxy groups -OCH3 is 1. The maximum atomic E-state index is 13.7. The van der Waals surface area contributed by atoms with E-state index < -0.39 is 11.9 Å². The van der Waals surface area contributed by atoms with E-state index in [4.69, 9.17) is 9.15 Å². The average Bonchev–Trinajstić information content (AvgIpc) is 2.74. The van der Waals surface area contributed by atoms with E-state index in [0.717, 1.165) is 0 Å². The fraction of sp³-hybridized carbons (Fsp3) is 0.231. The van der Waals surface area contributed by atoms with Crippen molar-refractivity contribution in [1.29, 1.82) is 0 Å². The third-order valence-electron chi connectivity index (χ3n) is 2.70. The number of benzene rings is 1. The minimum Gasteiger partial charge on any atom is -0.497 e. The molecule has 0 amide bonds. The second-order valence-electron chi connectivity index (χ2n) is 3.72. The molecule has 1 N–H and O–H groups in total. The van der Waals surface area contributed by atoms with E-state index in [1.165, 1.54) is 25.5 Å². The lowest BCUT2D eigenvalue weighted by Crippen LogP contribution is -2.03. The van der Waals surface area contributed by atoms with E-state index >= 15 is 0 Å². The summed E-state index contributed by atoms with van der Waals surface area (Å²) in [6.07, 6.45) is 0.439. The fourth-order valence-electron chi connectivity index (χ4n) is 1.70. The lowest BCUT2D eigenvalue weighted by molar-refractivity contribution is 0.212. The summed E-state index contributed by atoms with van der Waals surface area (Å²) in [6, 6.07) is 5.99. The molecule has 17 heavy (non-hydrogen) atoms. The average molecular weight is 236 g/mol. The Bertz CT molecular complexity index is 519. The molecule has 1 aromatic carbocycles. The van der Waals surface area contributed by atoms with E-state index in [-0.39, 0.29) is 5.56 Å². The molecular weight excluding hydrogens is 223 g/mol. The largest absolute Gasteiger partial charge is 0.497 e. The van der Waals surface area contributed by atoms with Crippen molar-refractivity contribution in [2.24, 2.45) is 0 Å². The standard InChI is InChI=1S/C13H13FO3/c1-8-10(5-6-17-8)13(15)11-4-3-9(16-2)7-12(11)14/h3-7,13,15H,1-2H3. The Labute approximate surface area is 98.5 Å². The molecule has 2 aromatic rings. The van der Waals surface area contributed by atoms with Crippen molar-refractivity contribution < 1.29 is 18.7 Å². The van der Waals surface area contributed by atoms with Crippen molar-refractivity contribution in [3.8, 4) is 5.75 Å². The van der Waals surface area contributed by atoms with Gasteiger partial charge >= 0.3 is 0 Å².